The highest BCUT2D eigenvalue weighted by molar-refractivity contribution is 7.99. The van der Waals surface area contributed by atoms with Gasteiger partial charge in [0.25, 0.3) is 0 Å². The number of fused-ring (bicyclic) bond motifs is 1. The average molecular weight is 278 g/mol. The second-order valence-corrected chi connectivity index (χ2v) is 5.69. The van der Waals surface area contributed by atoms with Gasteiger partial charge in [-0.25, -0.2) is 0 Å². The smallest absolute Gasteiger partial charge is 0.0998 e. The van der Waals surface area contributed by atoms with Crippen LogP contribution in [0.15, 0.2) is 65.7 Å². The minimum absolute atomic E-state index is 0.747. The second kappa shape index (κ2) is 5.85. The van der Waals surface area contributed by atoms with E-state index in [1.165, 1.54) is 4.90 Å². The van der Waals surface area contributed by atoms with E-state index >= 15 is 0 Å². The van der Waals surface area contributed by atoms with E-state index in [4.69, 9.17) is 5.26 Å². The number of nitriles is 1. The molecule has 0 aliphatic rings. The number of hydrogen-bond acceptors (Lipinski definition) is 2. The van der Waals surface area contributed by atoms with Crippen LogP contribution in [0.5, 0.6) is 0 Å². The Hall–Kier alpha value is -2.18. The average Bonchev–Trinajstić information content (AvgIpc) is 2.92. The summed E-state index contributed by atoms with van der Waals surface area (Å²) in [5, 5.41) is 10.1. The van der Waals surface area contributed by atoms with E-state index in [0.29, 0.717) is 0 Å². The van der Waals surface area contributed by atoms with E-state index in [1.54, 1.807) is 0 Å². The van der Waals surface area contributed by atoms with Gasteiger partial charge in [0.2, 0.25) is 0 Å². The highest BCUT2D eigenvalue weighted by Gasteiger charge is 2.04. The minimum Gasteiger partial charge on any atom is -0.347 e. The van der Waals surface area contributed by atoms with Gasteiger partial charge in [0, 0.05) is 34.3 Å². The maximum absolute atomic E-state index is 9.11. The first-order valence-electron chi connectivity index (χ1n) is 6.54. The van der Waals surface area contributed by atoms with Crippen LogP contribution in [0.2, 0.25) is 0 Å². The molecule has 3 heteroatoms. The van der Waals surface area contributed by atoms with E-state index in [9.17, 15) is 0 Å². The third-order valence-corrected chi connectivity index (χ3v) is 4.27. The fraction of sp³-hybridized carbons (Fsp3) is 0.118. The van der Waals surface area contributed by atoms with E-state index in [0.717, 1.165) is 28.8 Å². The number of nitrogens with zero attached hydrogens (tertiary/aromatic N) is 2. The Morgan fingerprint density at radius 1 is 1.00 bits per heavy atom. The van der Waals surface area contributed by atoms with Crippen LogP contribution in [0, 0.1) is 11.3 Å². The number of benzene rings is 2. The quantitative estimate of drug-likeness (QED) is 0.665. The number of aryl methyl sites for hydroxylation is 1. The minimum atomic E-state index is 0.747. The van der Waals surface area contributed by atoms with Crippen molar-refractivity contribution in [1.82, 2.24) is 4.57 Å². The molecule has 0 spiro atoms. The first-order valence-corrected chi connectivity index (χ1v) is 7.53. The summed E-state index contributed by atoms with van der Waals surface area (Å²) in [5.74, 6) is 1.02. The molecule has 3 rings (SSSR count). The largest absolute Gasteiger partial charge is 0.347 e. The van der Waals surface area contributed by atoms with Gasteiger partial charge in [0.15, 0.2) is 0 Å². The maximum Gasteiger partial charge on any atom is 0.0998 e. The summed E-state index contributed by atoms with van der Waals surface area (Å²) in [7, 11) is 0. The molecular formula is C17H14N2S. The molecule has 0 atom stereocenters. The highest BCUT2D eigenvalue weighted by atomic mass is 32.2. The molecule has 0 amide bonds. The summed E-state index contributed by atoms with van der Waals surface area (Å²) in [5.41, 5.74) is 1.88. The van der Waals surface area contributed by atoms with Gasteiger partial charge >= 0.3 is 0 Å². The lowest BCUT2D eigenvalue weighted by atomic mass is 10.1. The molecule has 98 valence electrons. The standard InChI is InChI=1S/C17H14N2S/c18-13-14-5-4-8-17-16(14)9-10-19(17)11-12-20-15-6-2-1-3-7-15/h1-10H,11-12H2. The van der Waals surface area contributed by atoms with Gasteiger partial charge in [-0.15, -0.1) is 11.8 Å². The highest BCUT2D eigenvalue weighted by Crippen LogP contribution is 2.22. The molecule has 20 heavy (non-hydrogen) atoms. The zero-order chi connectivity index (χ0) is 13.8. The van der Waals surface area contributed by atoms with E-state index in [2.05, 4.69) is 47.2 Å². The summed E-state index contributed by atoms with van der Waals surface area (Å²) in [4.78, 5) is 1.29. The van der Waals surface area contributed by atoms with Gasteiger partial charge in [-0.1, -0.05) is 24.3 Å². The molecule has 1 heterocycles. The predicted molar refractivity (Wildman–Crippen MR) is 83.8 cm³/mol. The fourth-order valence-electron chi connectivity index (χ4n) is 2.29. The van der Waals surface area contributed by atoms with E-state index < -0.39 is 0 Å². The van der Waals surface area contributed by atoms with Gasteiger partial charge in [-0.3, -0.25) is 0 Å². The Bertz CT molecular complexity index is 754. The van der Waals surface area contributed by atoms with Crippen LogP contribution in [0.3, 0.4) is 0 Å². The maximum atomic E-state index is 9.11. The molecule has 0 aliphatic carbocycles. The summed E-state index contributed by atoms with van der Waals surface area (Å²) in [6, 6.07) is 20.6. The number of hydrogen-bond donors (Lipinski definition) is 0. The molecule has 1 aromatic heterocycles. The molecule has 3 aromatic rings. The van der Waals surface area contributed by atoms with Crippen molar-refractivity contribution in [1.29, 1.82) is 5.26 Å². The Morgan fingerprint density at radius 3 is 2.65 bits per heavy atom. The zero-order valence-corrected chi connectivity index (χ0v) is 11.8. The van der Waals surface area contributed by atoms with Gasteiger partial charge < -0.3 is 4.57 Å². The Balaban J connectivity index is 1.74. The molecule has 0 bridgehead atoms. The van der Waals surface area contributed by atoms with Crippen molar-refractivity contribution >= 4 is 22.7 Å². The zero-order valence-electron chi connectivity index (χ0n) is 11.0. The molecule has 0 unspecified atom stereocenters. The molecule has 2 aromatic carbocycles. The van der Waals surface area contributed by atoms with Crippen LogP contribution < -0.4 is 0 Å². The first kappa shape index (κ1) is 12.8. The molecule has 0 aliphatic heterocycles. The topological polar surface area (TPSA) is 28.7 Å². The van der Waals surface area contributed by atoms with Crippen molar-refractivity contribution in [2.75, 3.05) is 5.75 Å². The number of rotatable bonds is 4. The molecular weight excluding hydrogens is 264 g/mol. The summed E-state index contributed by atoms with van der Waals surface area (Å²) >= 11 is 1.85. The first-order chi connectivity index (χ1) is 9.88. The fourth-order valence-corrected chi connectivity index (χ4v) is 3.17. The van der Waals surface area contributed by atoms with Crippen molar-refractivity contribution in [3.63, 3.8) is 0 Å². The molecule has 0 N–H and O–H groups in total. The number of aromatic nitrogens is 1. The van der Waals surface area contributed by atoms with Gasteiger partial charge in [0.1, 0.15) is 0 Å². The lowest BCUT2D eigenvalue weighted by molar-refractivity contribution is 0.807. The van der Waals surface area contributed by atoms with E-state index in [1.807, 2.05) is 36.0 Å². The monoisotopic (exact) mass is 278 g/mol. The lowest BCUT2D eigenvalue weighted by Crippen LogP contribution is -1.98. The van der Waals surface area contributed by atoms with Crippen LogP contribution in [0.25, 0.3) is 10.9 Å². The number of thioether (sulfide) groups is 1. The van der Waals surface area contributed by atoms with Crippen LogP contribution in [-0.4, -0.2) is 10.3 Å². The van der Waals surface area contributed by atoms with Crippen LogP contribution >= 0.6 is 11.8 Å². The Morgan fingerprint density at radius 2 is 1.85 bits per heavy atom. The van der Waals surface area contributed by atoms with Crippen molar-refractivity contribution in [3.8, 4) is 6.07 Å². The molecule has 2 nitrogen and oxygen atoms in total. The normalized spacial score (nSPS) is 10.6. The van der Waals surface area contributed by atoms with Crippen molar-refractivity contribution in [2.45, 2.75) is 11.4 Å². The van der Waals surface area contributed by atoms with Gasteiger partial charge in [0.05, 0.1) is 11.6 Å². The Kier molecular flexibility index (Phi) is 3.76. The predicted octanol–water partition coefficient (Wildman–Crippen LogP) is 4.31. The SMILES string of the molecule is N#Cc1cccc2c1ccn2CCSc1ccccc1. The van der Waals surface area contributed by atoms with Gasteiger partial charge in [-0.2, -0.15) is 5.26 Å². The summed E-state index contributed by atoms with van der Waals surface area (Å²) in [6.45, 7) is 0.942. The van der Waals surface area contributed by atoms with Crippen molar-refractivity contribution < 1.29 is 0 Å². The molecule has 0 fully saturated rings. The second-order valence-electron chi connectivity index (χ2n) is 4.52. The third-order valence-electron chi connectivity index (χ3n) is 3.28. The van der Waals surface area contributed by atoms with Crippen molar-refractivity contribution in [2.24, 2.45) is 0 Å². The third kappa shape index (κ3) is 2.56. The van der Waals surface area contributed by atoms with Crippen LogP contribution in [-0.2, 0) is 6.54 Å². The summed E-state index contributed by atoms with van der Waals surface area (Å²) < 4.78 is 2.21. The van der Waals surface area contributed by atoms with Crippen LogP contribution in [0.4, 0.5) is 0 Å². The molecule has 0 saturated heterocycles. The van der Waals surface area contributed by atoms with Crippen molar-refractivity contribution in [3.05, 3.63) is 66.4 Å². The van der Waals surface area contributed by atoms with Crippen LogP contribution in [0.1, 0.15) is 5.56 Å². The molecule has 0 saturated carbocycles. The van der Waals surface area contributed by atoms with E-state index in [-0.39, 0.29) is 0 Å². The lowest BCUT2D eigenvalue weighted by Gasteiger charge is -2.05. The molecule has 0 radical (unpaired) electrons. The summed E-state index contributed by atoms with van der Waals surface area (Å²) in [6.07, 6.45) is 2.07. The van der Waals surface area contributed by atoms with Gasteiger partial charge in [-0.05, 0) is 30.3 Å². The Labute approximate surface area is 122 Å².